The van der Waals surface area contributed by atoms with E-state index in [4.69, 9.17) is 10.00 Å². The first-order valence-corrected chi connectivity index (χ1v) is 6.34. The molecule has 0 spiro atoms. The molecule has 0 saturated heterocycles. The molecule has 110 valence electrons. The van der Waals surface area contributed by atoms with Crippen LogP contribution in [0, 0.1) is 11.3 Å². The number of benzene rings is 1. The summed E-state index contributed by atoms with van der Waals surface area (Å²) in [4.78, 5) is 22.8. The molecule has 0 bridgehead atoms. The van der Waals surface area contributed by atoms with Crippen molar-refractivity contribution in [1.82, 2.24) is 0 Å². The van der Waals surface area contributed by atoms with Gasteiger partial charge in [0.05, 0.1) is 19.3 Å². The number of ether oxygens (including phenoxy) is 2. The number of rotatable bonds is 6. The van der Waals surface area contributed by atoms with Crippen LogP contribution in [0.15, 0.2) is 36.0 Å². The second-order valence-corrected chi connectivity index (χ2v) is 4.02. The number of methoxy groups -OCH3 is 1. The predicted octanol–water partition coefficient (Wildman–Crippen LogP) is 2.25. The molecule has 1 aromatic rings. The molecule has 0 atom stereocenters. The Bertz CT molecular complexity index is 570. The van der Waals surface area contributed by atoms with E-state index in [1.165, 1.54) is 13.3 Å². The number of hydrogen-bond donors (Lipinski definition) is 1. The van der Waals surface area contributed by atoms with Gasteiger partial charge in [0, 0.05) is 11.9 Å². The van der Waals surface area contributed by atoms with Crippen molar-refractivity contribution in [1.29, 1.82) is 5.26 Å². The highest BCUT2D eigenvalue weighted by atomic mass is 16.5. The Balaban J connectivity index is 2.71. The zero-order chi connectivity index (χ0) is 15.7. The summed E-state index contributed by atoms with van der Waals surface area (Å²) < 4.78 is 9.45. The van der Waals surface area contributed by atoms with Gasteiger partial charge in [-0.3, -0.25) is 0 Å². The molecule has 1 aromatic carbocycles. The van der Waals surface area contributed by atoms with Crippen molar-refractivity contribution in [2.75, 3.05) is 19.0 Å². The van der Waals surface area contributed by atoms with Crippen molar-refractivity contribution in [3.8, 4) is 6.07 Å². The van der Waals surface area contributed by atoms with Crippen LogP contribution >= 0.6 is 0 Å². The summed E-state index contributed by atoms with van der Waals surface area (Å²) in [6, 6.07) is 8.21. The van der Waals surface area contributed by atoms with Gasteiger partial charge in [-0.15, -0.1) is 0 Å². The lowest BCUT2D eigenvalue weighted by molar-refractivity contribution is -0.135. The molecule has 0 saturated carbocycles. The molecule has 0 heterocycles. The lowest BCUT2D eigenvalue weighted by atomic mass is 10.2. The molecule has 0 amide bonds. The van der Waals surface area contributed by atoms with E-state index in [0.717, 1.165) is 6.42 Å². The predicted molar refractivity (Wildman–Crippen MR) is 76.4 cm³/mol. The minimum atomic E-state index is -0.718. The fourth-order valence-electron chi connectivity index (χ4n) is 1.38. The first-order valence-electron chi connectivity index (χ1n) is 6.34. The summed E-state index contributed by atoms with van der Waals surface area (Å²) in [6.07, 6.45) is 2.01. The highest BCUT2D eigenvalue weighted by Crippen LogP contribution is 2.11. The Labute approximate surface area is 123 Å². The van der Waals surface area contributed by atoms with E-state index in [9.17, 15) is 9.59 Å². The van der Waals surface area contributed by atoms with E-state index < -0.39 is 5.97 Å². The lowest BCUT2D eigenvalue weighted by Crippen LogP contribution is -2.06. The van der Waals surface area contributed by atoms with Crippen molar-refractivity contribution >= 4 is 17.6 Å². The molecule has 1 N–H and O–H groups in total. The van der Waals surface area contributed by atoms with Crippen LogP contribution in [-0.2, 0) is 14.3 Å². The molecule has 1 rings (SSSR count). The number of hydrogen-bond acceptors (Lipinski definition) is 6. The molecule has 6 nitrogen and oxygen atoms in total. The number of carbonyl (C=O) groups excluding carboxylic acids is 2. The van der Waals surface area contributed by atoms with Crippen LogP contribution in [0.1, 0.15) is 23.7 Å². The van der Waals surface area contributed by atoms with Crippen molar-refractivity contribution in [2.45, 2.75) is 13.3 Å². The Morgan fingerprint density at radius 3 is 2.52 bits per heavy atom. The molecule has 0 aliphatic heterocycles. The normalized spacial score (nSPS) is 10.4. The Hall–Kier alpha value is -2.81. The Kier molecular flexibility index (Phi) is 6.48. The summed E-state index contributed by atoms with van der Waals surface area (Å²) in [7, 11) is 1.20. The van der Waals surface area contributed by atoms with Crippen LogP contribution in [0.5, 0.6) is 0 Å². The average Bonchev–Trinajstić information content (AvgIpc) is 2.53. The van der Waals surface area contributed by atoms with Crippen LogP contribution in [0.2, 0.25) is 0 Å². The molecule has 0 radical (unpaired) electrons. The van der Waals surface area contributed by atoms with Gasteiger partial charge in [0.1, 0.15) is 6.07 Å². The number of nitrogens with zero attached hydrogens (tertiary/aromatic N) is 1. The van der Waals surface area contributed by atoms with E-state index in [1.54, 1.807) is 30.3 Å². The van der Waals surface area contributed by atoms with Crippen molar-refractivity contribution in [3.05, 3.63) is 41.6 Å². The lowest BCUT2D eigenvalue weighted by Gasteiger charge is -2.05. The Morgan fingerprint density at radius 1 is 1.33 bits per heavy atom. The molecular weight excluding hydrogens is 272 g/mol. The SMILES string of the molecule is CCCOC(=O)c1ccc(N/C=C(/C#N)C(=O)OC)cc1. The summed E-state index contributed by atoms with van der Waals surface area (Å²) in [6.45, 7) is 2.30. The van der Waals surface area contributed by atoms with E-state index in [-0.39, 0.29) is 11.5 Å². The van der Waals surface area contributed by atoms with E-state index >= 15 is 0 Å². The third kappa shape index (κ3) is 4.99. The monoisotopic (exact) mass is 288 g/mol. The van der Waals surface area contributed by atoms with Gasteiger partial charge in [0.2, 0.25) is 0 Å². The van der Waals surface area contributed by atoms with Gasteiger partial charge in [-0.2, -0.15) is 5.26 Å². The number of anilines is 1. The fraction of sp³-hybridized carbons (Fsp3) is 0.267. The largest absolute Gasteiger partial charge is 0.465 e. The van der Waals surface area contributed by atoms with Gasteiger partial charge in [-0.25, -0.2) is 9.59 Å². The number of carbonyl (C=O) groups is 2. The van der Waals surface area contributed by atoms with Gasteiger partial charge >= 0.3 is 11.9 Å². The topological polar surface area (TPSA) is 88.4 Å². The van der Waals surface area contributed by atoms with Gasteiger partial charge in [-0.05, 0) is 30.7 Å². The van der Waals surface area contributed by atoms with Gasteiger partial charge in [0.25, 0.3) is 0 Å². The molecule has 0 unspecified atom stereocenters. The molecule has 0 fully saturated rings. The van der Waals surface area contributed by atoms with E-state index in [0.29, 0.717) is 17.9 Å². The summed E-state index contributed by atoms with van der Waals surface area (Å²) in [5.41, 5.74) is 0.911. The Morgan fingerprint density at radius 2 is 2.00 bits per heavy atom. The maximum Gasteiger partial charge on any atom is 0.350 e. The highest BCUT2D eigenvalue weighted by Gasteiger charge is 2.08. The maximum atomic E-state index is 11.6. The van der Waals surface area contributed by atoms with Crippen molar-refractivity contribution in [2.24, 2.45) is 0 Å². The van der Waals surface area contributed by atoms with Crippen LogP contribution < -0.4 is 5.32 Å². The van der Waals surface area contributed by atoms with E-state index in [1.807, 2.05) is 6.92 Å². The summed E-state index contributed by atoms with van der Waals surface area (Å²) in [5.74, 6) is -1.10. The molecular formula is C15H16N2O4. The van der Waals surface area contributed by atoms with Gasteiger partial charge in [0.15, 0.2) is 5.57 Å². The summed E-state index contributed by atoms with van der Waals surface area (Å²) >= 11 is 0. The molecule has 0 aliphatic rings. The molecule has 0 aliphatic carbocycles. The molecule has 6 heteroatoms. The van der Waals surface area contributed by atoms with Crippen LogP contribution in [0.3, 0.4) is 0 Å². The number of esters is 2. The molecule has 21 heavy (non-hydrogen) atoms. The second-order valence-electron chi connectivity index (χ2n) is 4.02. The smallest absolute Gasteiger partial charge is 0.350 e. The third-order valence-electron chi connectivity index (χ3n) is 2.47. The number of nitrogens with one attached hydrogen (secondary N) is 1. The third-order valence-corrected chi connectivity index (χ3v) is 2.47. The van der Waals surface area contributed by atoms with Gasteiger partial charge < -0.3 is 14.8 Å². The quantitative estimate of drug-likeness (QED) is 0.490. The zero-order valence-electron chi connectivity index (χ0n) is 11.9. The number of nitriles is 1. The molecule has 0 aromatic heterocycles. The standard InChI is InChI=1S/C15H16N2O4/c1-3-8-21-15(19)11-4-6-13(7-5-11)17-10-12(9-16)14(18)20-2/h4-7,10,17H,3,8H2,1-2H3/b12-10-. The average molecular weight is 288 g/mol. The van der Waals surface area contributed by atoms with Crippen LogP contribution in [0.4, 0.5) is 5.69 Å². The summed E-state index contributed by atoms with van der Waals surface area (Å²) in [5, 5.41) is 11.6. The minimum absolute atomic E-state index is 0.149. The minimum Gasteiger partial charge on any atom is -0.465 e. The maximum absolute atomic E-state index is 11.6. The van der Waals surface area contributed by atoms with E-state index in [2.05, 4.69) is 10.1 Å². The fourth-order valence-corrected chi connectivity index (χ4v) is 1.38. The first kappa shape index (κ1) is 16.2. The van der Waals surface area contributed by atoms with Crippen LogP contribution in [-0.4, -0.2) is 25.7 Å². The van der Waals surface area contributed by atoms with Crippen molar-refractivity contribution < 1.29 is 19.1 Å². The second kappa shape index (κ2) is 8.38. The van der Waals surface area contributed by atoms with Gasteiger partial charge in [-0.1, -0.05) is 6.92 Å². The first-order chi connectivity index (χ1) is 10.1. The zero-order valence-corrected chi connectivity index (χ0v) is 11.9. The van der Waals surface area contributed by atoms with Crippen LogP contribution in [0.25, 0.3) is 0 Å². The van der Waals surface area contributed by atoms with Crippen molar-refractivity contribution in [3.63, 3.8) is 0 Å². The highest BCUT2D eigenvalue weighted by molar-refractivity contribution is 5.93.